The Labute approximate surface area is 70.0 Å². The van der Waals surface area contributed by atoms with Crippen molar-refractivity contribution in [3.05, 3.63) is 0 Å². The smallest absolute Gasteiger partial charge is 0.00150 e. The minimum Gasteiger partial charge on any atom is -0.316 e. The van der Waals surface area contributed by atoms with Crippen molar-refractivity contribution >= 4 is 12.4 Å². The van der Waals surface area contributed by atoms with Crippen LogP contribution in [0.2, 0.25) is 0 Å². The number of rotatable bonds is 0. The summed E-state index contributed by atoms with van der Waals surface area (Å²) in [5.74, 6) is 0.900. The highest BCUT2D eigenvalue weighted by Gasteiger charge is 2.26. The van der Waals surface area contributed by atoms with Crippen LogP contribution in [0.5, 0.6) is 0 Å². The molecule has 0 spiro atoms. The van der Waals surface area contributed by atoms with Gasteiger partial charge in [-0.25, -0.2) is 0 Å². The first kappa shape index (κ1) is 10.2. The summed E-state index contributed by atoms with van der Waals surface area (Å²) in [4.78, 5) is 0. The predicted molar refractivity (Wildman–Crippen MR) is 47.7 cm³/mol. The maximum absolute atomic E-state index is 3.38. The van der Waals surface area contributed by atoms with Crippen LogP contribution in [-0.4, -0.2) is 13.1 Å². The highest BCUT2D eigenvalue weighted by molar-refractivity contribution is 5.85. The van der Waals surface area contributed by atoms with E-state index in [1.165, 1.54) is 19.5 Å². The van der Waals surface area contributed by atoms with Crippen molar-refractivity contribution in [1.29, 1.82) is 0 Å². The van der Waals surface area contributed by atoms with E-state index in [0.717, 1.165) is 5.92 Å². The molecule has 0 amide bonds. The van der Waals surface area contributed by atoms with Gasteiger partial charge >= 0.3 is 0 Å². The normalized spacial score (nSPS) is 26.1. The van der Waals surface area contributed by atoms with E-state index in [9.17, 15) is 0 Å². The summed E-state index contributed by atoms with van der Waals surface area (Å²) in [7, 11) is 0. The minimum absolute atomic E-state index is 0. The molecule has 1 atom stereocenters. The average Bonchev–Trinajstić information content (AvgIpc) is 2.08. The molecule has 1 nitrogen and oxygen atoms in total. The van der Waals surface area contributed by atoms with Crippen LogP contribution >= 0.6 is 12.4 Å². The van der Waals surface area contributed by atoms with E-state index in [1.54, 1.807) is 0 Å². The zero-order valence-corrected chi connectivity index (χ0v) is 7.92. The van der Waals surface area contributed by atoms with Crippen molar-refractivity contribution in [2.45, 2.75) is 27.2 Å². The summed E-state index contributed by atoms with van der Waals surface area (Å²) in [5.41, 5.74) is 0.517. The molecule has 1 N–H and O–H groups in total. The number of nitrogens with one attached hydrogen (secondary N) is 1. The number of hydrogen-bond donors (Lipinski definition) is 1. The lowest BCUT2D eigenvalue weighted by Crippen LogP contribution is -2.22. The van der Waals surface area contributed by atoms with E-state index >= 15 is 0 Å². The molecule has 0 bridgehead atoms. The monoisotopic (exact) mass is 163 g/mol. The maximum atomic E-state index is 3.38. The van der Waals surface area contributed by atoms with Gasteiger partial charge in [0.25, 0.3) is 0 Å². The Morgan fingerprint density at radius 3 is 2.10 bits per heavy atom. The Balaban J connectivity index is 0.000000810. The molecule has 0 aliphatic carbocycles. The summed E-state index contributed by atoms with van der Waals surface area (Å²) in [6.07, 6.45) is 1.36. The standard InChI is InChI=1S/C8H17N.ClH/c1-8(2,3)7-4-5-9-6-7;/h7,9H,4-6H2,1-3H3;1H/t7-;/m0./s1. The molecule has 2 heteroatoms. The minimum atomic E-state index is 0. The van der Waals surface area contributed by atoms with Crippen LogP contribution in [0.25, 0.3) is 0 Å². The third kappa shape index (κ3) is 2.47. The van der Waals surface area contributed by atoms with Gasteiger partial charge in [-0.1, -0.05) is 20.8 Å². The highest BCUT2D eigenvalue weighted by Crippen LogP contribution is 2.29. The Morgan fingerprint density at radius 1 is 1.30 bits per heavy atom. The van der Waals surface area contributed by atoms with Gasteiger partial charge in [-0.15, -0.1) is 12.4 Å². The van der Waals surface area contributed by atoms with E-state index < -0.39 is 0 Å². The molecular weight excluding hydrogens is 146 g/mol. The summed E-state index contributed by atoms with van der Waals surface area (Å²) in [5, 5.41) is 3.38. The first-order valence-corrected chi connectivity index (χ1v) is 3.81. The Morgan fingerprint density at radius 2 is 1.90 bits per heavy atom. The van der Waals surface area contributed by atoms with Gasteiger partial charge in [-0.2, -0.15) is 0 Å². The van der Waals surface area contributed by atoms with Crippen LogP contribution in [0.4, 0.5) is 0 Å². The van der Waals surface area contributed by atoms with Crippen LogP contribution in [0.1, 0.15) is 27.2 Å². The molecule has 1 saturated heterocycles. The molecule has 0 aromatic rings. The Kier molecular flexibility index (Phi) is 3.68. The van der Waals surface area contributed by atoms with E-state index in [2.05, 4.69) is 26.1 Å². The second kappa shape index (κ2) is 3.59. The lowest BCUT2D eigenvalue weighted by atomic mass is 9.80. The molecule has 1 aliphatic rings. The zero-order chi connectivity index (χ0) is 6.91. The summed E-state index contributed by atoms with van der Waals surface area (Å²) >= 11 is 0. The quantitative estimate of drug-likeness (QED) is 0.577. The highest BCUT2D eigenvalue weighted by atomic mass is 35.5. The molecule has 10 heavy (non-hydrogen) atoms. The van der Waals surface area contributed by atoms with Crippen molar-refractivity contribution in [2.75, 3.05) is 13.1 Å². The van der Waals surface area contributed by atoms with Gasteiger partial charge in [0.2, 0.25) is 0 Å². The van der Waals surface area contributed by atoms with Crippen molar-refractivity contribution in [2.24, 2.45) is 11.3 Å². The molecule has 0 aromatic carbocycles. The average molecular weight is 164 g/mol. The summed E-state index contributed by atoms with van der Waals surface area (Å²) in [6, 6.07) is 0. The maximum Gasteiger partial charge on any atom is -0.00150 e. The molecular formula is C8H18ClN. The molecule has 1 aliphatic heterocycles. The SMILES string of the molecule is CC(C)(C)[C@H]1CCNC1.Cl. The molecule has 0 aromatic heterocycles. The second-order valence-corrected chi connectivity index (χ2v) is 4.06. The van der Waals surface area contributed by atoms with Crippen molar-refractivity contribution < 1.29 is 0 Å². The molecule has 0 unspecified atom stereocenters. The topological polar surface area (TPSA) is 12.0 Å². The van der Waals surface area contributed by atoms with E-state index in [4.69, 9.17) is 0 Å². The van der Waals surface area contributed by atoms with Gasteiger partial charge in [-0.05, 0) is 30.8 Å². The molecule has 0 radical (unpaired) electrons. The number of hydrogen-bond acceptors (Lipinski definition) is 1. The largest absolute Gasteiger partial charge is 0.316 e. The van der Waals surface area contributed by atoms with Crippen molar-refractivity contribution in [1.82, 2.24) is 5.32 Å². The first-order chi connectivity index (χ1) is 4.11. The fourth-order valence-electron chi connectivity index (χ4n) is 1.39. The third-order valence-corrected chi connectivity index (χ3v) is 2.29. The zero-order valence-electron chi connectivity index (χ0n) is 7.11. The van der Waals surface area contributed by atoms with Crippen LogP contribution in [0.3, 0.4) is 0 Å². The van der Waals surface area contributed by atoms with Gasteiger partial charge in [0.05, 0.1) is 0 Å². The van der Waals surface area contributed by atoms with Gasteiger partial charge in [0.15, 0.2) is 0 Å². The van der Waals surface area contributed by atoms with Crippen molar-refractivity contribution in [3.63, 3.8) is 0 Å². The predicted octanol–water partition coefficient (Wildman–Crippen LogP) is 2.06. The lowest BCUT2D eigenvalue weighted by molar-refractivity contribution is 0.261. The summed E-state index contributed by atoms with van der Waals surface area (Å²) in [6.45, 7) is 9.42. The molecule has 62 valence electrons. The van der Waals surface area contributed by atoms with Gasteiger partial charge in [-0.3, -0.25) is 0 Å². The molecule has 1 heterocycles. The Bertz CT molecular complexity index is 89.9. The van der Waals surface area contributed by atoms with Gasteiger partial charge in [0.1, 0.15) is 0 Å². The number of halogens is 1. The van der Waals surface area contributed by atoms with Crippen LogP contribution in [-0.2, 0) is 0 Å². The van der Waals surface area contributed by atoms with Crippen molar-refractivity contribution in [3.8, 4) is 0 Å². The van der Waals surface area contributed by atoms with Crippen LogP contribution in [0.15, 0.2) is 0 Å². The fourth-order valence-corrected chi connectivity index (χ4v) is 1.39. The van der Waals surface area contributed by atoms with E-state index in [-0.39, 0.29) is 12.4 Å². The van der Waals surface area contributed by atoms with E-state index in [0.29, 0.717) is 5.41 Å². The Hall–Kier alpha value is 0.250. The van der Waals surface area contributed by atoms with E-state index in [1.807, 2.05) is 0 Å². The molecule has 1 rings (SSSR count). The van der Waals surface area contributed by atoms with Crippen LogP contribution in [0, 0.1) is 11.3 Å². The molecule has 0 saturated carbocycles. The molecule has 1 fully saturated rings. The lowest BCUT2D eigenvalue weighted by Gasteiger charge is -2.25. The summed E-state index contributed by atoms with van der Waals surface area (Å²) < 4.78 is 0. The second-order valence-electron chi connectivity index (χ2n) is 4.06. The first-order valence-electron chi connectivity index (χ1n) is 3.81. The fraction of sp³-hybridized carbons (Fsp3) is 1.00. The van der Waals surface area contributed by atoms with Gasteiger partial charge in [0, 0.05) is 0 Å². The van der Waals surface area contributed by atoms with Gasteiger partial charge < -0.3 is 5.32 Å². The van der Waals surface area contributed by atoms with Crippen LogP contribution < -0.4 is 5.32 Å². The third-order valence-electron chi connectivity index (χ3n) is 2.29.